The van der Waals surface area contributed by atoms with Crippen LogP contribution in [0.2, 0.25) is 0 Å². The highest BCUT2D eigenvalue weighted by atomic mass is 19.1. The van der Waals surface area contributed by atoms with Gasteiger partial charge in [-0.3, -0.25) is 4.79 Å². The van der Waals surface area contributed by atoms with Gasteiger partial charge in [-0.05, 0) is 51.2 Å². The van der Waals surface area contributed by atoms with Gasteiger partial charge in [-0.2, -0.15) is 0 Å². The number of benzene rings is 2. The number of nitrogens with one attached hydrogen (secondary N) is 1. The summed E-state index contributed by atoms with van der Waals surface area (Å²) in [4.78, 5) is 33.4. The highest BCUT2D eigenvalue weighted by Gasteiger charge is 2.26. The number of fused-ring (bicyclic) bond motifs is 1. The van der Waals surface area contributed by atoms with Crippen LogP contribution in [-0.4, -0.2) is 76.0 Å². The highest BCUT2D eigenvalue weighted by Crippen LogP contribution is 2.28. The second-order valence-electron chi connectivity index (χ2n) is 9.14. The molecule has 1 fully saturated rings. The van der Waals surface area contributed by atoms with Crippen LogP contribution < -0.4 is 10.5 Å². The summed E-state index contributed by atoms with van der Waals surface area (Å²) in [6, 6.07) is 10.4. The molecule has 0 saturated carbocycles. The summed E-state index contributed by atoms with van der Waals surface area (Å²) in [5.74, 6) is 0.440. The van der Waals surface area contributed by atoms with E-state index in [4.69, 9.17) is 10.5 Å². The number of hydrogen-bond donors (Lipinski definition) is 2. The lowest BCUT2D eigenvalue weighted by Gasteiger charge is -2.35. The lowest BCUT2D eigenvalue weighted by molar-refractivity contribution is 0.0658. The van der Waals surface area contributed by atoms with Crippen LogP contribution in [0.15, 0.2) is 42.6 Å². The fourth-order valence-electron chi connectivity index (χ4n) is 4.54. The van der Waals surface area contributed by atoms with Crippen LogP contribution in [0.5, 0.6) is 5.75 Å². The SMILES string of the molecule is COc1ccc2nc(-c3nc(-c4ccc(C(=O)N5CCC(N(C)C)CC5)c(F)c4)cnc3N)[nH]c2c1. The van der Waals surface area contributed by atoms with Gasteiger partial charge < -0.3 is 25.3 Å². The standard InChI is InChI=1S/C26H28FN7O2/c1-33(2)16-8-10-34(11-9-16)26(35)18-6-4-15(12-19(18)27)22-14-29-24(28)23(30-22)25-31-20-7-5-17(36-3)13-21(20)32-25/h4-7,12-14,16H,8-11H2,1-3H3,(H2,28,29)(H,31,32). The molecular formula is C26H28FN7O2. The predicted octanol–water partition coefficient (Wildman–Crippen LogP) is 3.58. The fraction of sp³-hybridized carbons (Fsp3) is 0.308. The van der Waals surface area contributed by atoms with Gasteiger partial charge in [-0.15, -0.1) is 0 Å². The monoisotopic (exact) mass is 489 g/mol. The van der Waals surface area contributed by atoms with Gasteiger partial charge in [-0.1, -0.05) is 6.07 Å². The Bertz CT molecular complexity index is 1430. The number of nitrogens with zero attached hydrogens (tertiary/aromatic N) is 5. The normalized spacial score (nSPS) is 14.5. The fourth-order valence-corrected chi connectivity index (χ4v) is 4.54. The zero-order valence-electron chi connectivity index (χ0n) is 20.5. The number of halogens is 1. The van der Waals surface area contributed by atoms with E-state index in [9.17, 15) is 4.79 Å². The van der Waals surface area contributed by atoms with Gasteiger partial charge in [0.15, 0.2) is 11.6 Å². The van der Waals surface area contributed by atoms with E-state index in [1.54, 1.807) is 18.1 Å². The van der Waals surface area contributed by atoms with E-state index in [-0.39, 0.29) is 17.3 Å². The molecule has 186 valence electrons. The molecule has 0 unspecified atom stereocenters. The molecule has 0 spiro atoms. The molecule has 1 saturated heterocycles. The minimum atomic E-state index is -0.594. The van der Waals surface area contributed by atoms with Crippen molar-refractivity contribution >= 4 is 22.8 Å². The van der Waals surface area contributed by atoms with Crippen molar-refractivity contribution in [1.82, 2.24) is 29.7 Å². The van der Waals surface area contributed by atoms with E-state index in [1.807, 2.05) is 32.3 Å². The first-order chi connectivity index (χ1) is 17.3. The zero-order chi connectivity index (χ0) is 25.4. The number of carbonyl (C=O) groups is 1. The second-order valence-corrected chi connectivity index (χ2v) is 9.14. The maximum atomic E-state index is 15.1. The zero-order valence-corrected chi connectivity index (χ0v) is 20.5. The first kappa shape index (κ1) is 23.7. The molecule has 0 bridgehead atoms. The lowest BCUT2D eigenvalue weighted by Crippen LogP contribution is -2.44. The highest BCUT2D eigenvalue weighted by molar-refractivity contribution is 5.95. The van der Waals surface area contributed by atoms with Crippen molar-refractivity contribution in [2.75, 3.05) is 40.0 Å². The summed E-state index contributed by atoms with van der Waals surface area (Å²) in [5, 5.41) is 0. The number of carbonyl (C=O) groups excluding carboxylic acids is 1. The molecule has 3 N–H and O–H groups in total. The maximum Gasteiger partial charge on any atom is 0.256 e. The molecule has 5 rings (SSSR count). The van der Waals surface area contributed by atoms with Crippen molar-refractivity contribution in [3.63, 3.8) is 0 Å². The van der Waals surface area contributed by atoms with E-state index in [0.29, 0.717) is 47.7 Å². The average molecular weight is 490 g/mol. The Balaban J connectivity index is 1.40. The smallest absolute Gasteiger partial charge is 0.256 e. The Morgan fingerprint density at radius 2 is 1.94 bits per heavy atom. The predicted molar refractivity (Wildman–Crippen MR) is 136 cm³/mol. The molecule has 4 aromatic rings. The van der Waals surface area contributed by atoms with Gasteiger partial charge in [-0.25, -0.2) is 19.3 Å². The molecule has 0 radical (unpaired) electrons. The summed E-state index contributed by atoms with van der Waals surface area (Å²) in [6.07, 6.45) is 3.22. The molecule has 1 aliphatic rings. The summed E-state index contributed by atoms with van der Waals surface area (Å²) in [6.45, 7) is 1.22. The van der Waals surface area contributed by atoms with Crippen LogP contribution >= 0.6 is 0 Å². The van der Waals surface area contributed by atoms with Gasteiger partial charge in [0.05, 0.1) is 35.6 Å². The van der Waals surface area contributed by atoms with Gasteiger partial charge in [0, 0.05) is 30.8 Å². The number of aromatic nitrogens is 4. The third-order valence-corrected chi connectivity index (χ3v) is 6.69. The van der Waals surface area contributed by atoms with E-state index in [2.05, 4.69) is 24.8 Å². The van der Waals surface area contributed by atoms with E-state index in [1.165, 1.54) is 18.3 Å². The molecule has 9 nitrogen and oxygen atoms in total. The van der Waals surface area contributed by atoms with Gasteiger partial charge in [0.1, 0.15) is 17.3 Å². The third kappa shape index (κ3) is 4.47. The second kappa shape index (κ2) is 9.54. The molecular weight excluding hydrogens is 461 g/mol. The van der Waals surface area contributed by atoms with Crippen LogP contribution in [0.1, 0.15) is 23.2 Å². The molecule has 2 aromatic heterocycles. The topological polar surface area (TPSA) is 113 Å². The Morgan fingerprint density at radius 1 is 1.17 bits per heavy atom. The lowest BCUT2D eigenvalue weighted by atomic mass is 10.0. The number of nitrogen functional groups attached to an aromatic ring is 1. The number of anilines is 1. The summed E-state index contributed by atoms with van der Waals surface area (Å²) in [5.41, 5.74) is 8.90. The number of amides is 1. The maximum absolute atomic E-state index is 15.1. The minimum absolute atomic E-state index is 0.0527. The number of rotatable bonds is 5. The van der Waals surface area contributed by atoms with Crippen molar-refractivity contribution in [2.45, 2.75) is 18.9 Å². The number of ether oxygens (including phenoxy) is 1. The number of piperidine rings is 1. The van der Waals surface area contributed by atoms with E-state index >= 15 is 4.39 Å². The van der Waals surface area contributed by atoms with Crippen LogP contribution in [0, 0.1) is 5.82 Å². The molecule has 1 aliphatic heterocycles. The van der Waals surface area contributed by atoms with Crippen molar-refractivity contribution in [3.8, 4) is 28.5 Å². The first-order valence-corrected chi connectivity index (χ1v) is 11.8. The molecule has 1 amide bonds. The van der Waals surface area contributed by atoms with E-state index in [0.717, 1.165) is 23.9 Å². The number of methoxy groups -OCH3 is 1. The summed E-state index contributed by atoms with van der Waals surface area (Å²) < 4.78 is 20.4. The first-order valence-electron chi connectivity index (χ1n) is 11.8. The van der Waals surface area contributed by atoms with Crippen LogP contribution in [0.25, 0.3) is 33.8 Å². The van der Waals surface area contributed by atoms with Crippen molar-refractivity contribution in [2.24, 2.45) is 0 Å². The summed E-state index contributed by atoms with van der Waals surface area (Å²) >= 11 is 0. The largest absolute Gasteiger partial charge is 0.497 e. The van der Waals surface area contributed by atoms with Crippen LogP contribution in [0.4, 0.5) is 10.2 Å². The van der Waals surface area contributed by atoms with Crippen molar-refractivity contribution < 1.29 is 13.9 Å². The van der Waals surface area contributed by atoms with Crippen LogP contribution in [-0.2, 0) is 0 Å². The Kier molecular flexibility index (Phi) is 6.27. The van der Waals surface area contributed by atoms with Crippen LogP contribution in [0.3, 0.4) is 0 Å². The average Bonchev–Trinajstić information content (AvgIpc) is 3.31. The number of hydrogen-bond acceptors (Lipinski definition) is 7. The Labute approximate surface area is 208 Å². The molecule has 0 atom stereocenters. The van der Waals surface area contributed by atoms with Crippen molar-refractivity contribution in [1.29, 1.82) is 0 Å². The van der Waals surface area contributed by atoms with Gasteiger partial charge in [0.25, 0.3) is 5.91 Å². The number of imidazole rings is 1. The molecule has 36 heavy (non-hydrogen) atoms. The molecule has 0 aliphatic carbocycles. The number of likely N-dealkylation sites (tertiary alicyclic amines) is 1. The Hall–Kier alpha value is -4.05. The van der Waals surface area contributed by atoms with Gasteiger partial charge >= 0.3 is 0 Å². The number of H-pyrrole nitrogens is 1. The van der Waals surface area contributed by atoms with E-state index < -0.39 is 5.82 Å². The third-order valence-electron chi connectivity index (χ3n) is 6.69. The molecule has 3 heterocycles. The Morgan fingerprint density at radius 3 is 2.64 bits per heavy atom. The van der Waals surface area contributed by atoms with Gasteiger partial charge in [0.2, 0.25) is 0 Å². The molecule has 2 aromatic carbocycles. The molecule has 10 heteroatoms. The number of nitrogens with two attached hydrogens (primary N) is 1. The number of aromatic amines is 1. The quantitative estimate of drug-likeness (QED) is 0.440. The van der Waals surface area contributed by atoms with Crippen molar-refractivity contribution in [3.05, 3.63) is 54.0 Å². The summed E-state index contributed by atoms with van der Waals surface area (Å²) in [7, 11) is 5.67. The minimum Gasteiger partial charge on any atom is -0.497 e.